The Morgan fingerprint density at radius 1 is 1.15 bits per heavy atom. The average Bonchev–Trinajstić information content (AvgIpc) is 2.62. The van der Waals surface area contributed by atoms with Crippen molar-refractivity contribution in [3.63, 3.8) is 0 Å². The minimum absolute atomic E-state index is 0. The maximum Gasteiger partial charge on any atom is 0.130 e. The van der Waals surface area contributed by atoms with Gasteiger partial charge in [0, 0.05) is 25.7 Å². The lowest BCUT2D eigenvalue weighted by atomic mass is 10.00. The van der Waals surface area contributed by atoms with Gasteiger partial charge in [0.25, 0.3) is 0 Å². The molecular weight excluding hydrogens is 374 g/mol. The first kappa shape index (κ1) is 22.4. The number of aromatic nitrogens is 2. The second-order valence-corrected chi connectivity index (χ2v) is 6.01. The smallest absolute Gasteiger partial charge is 0.130 e. The van der Waals surface area contributed by atoms with E-state index in [2.05, 4.69) is 33.2 Å². The first-order valence-electron chi connectivity index (χ1n) is 8.47. The van der Waals surface area contributed by atoms with E-state index in [1.165, 1.54) is 17.7 Å². The number of hydrogen-bond donors (Lipinski definition) is 1. The van der Waals surface area contributed by atoms with Crippen LogP contribution in [-0.2, 0) is 6.42 Å². The summed E-state index contributed by atoms with van der Waals surface area (Å²) in [6.45, 7) is 4.74. The van der Waals surface area contributed by atoms with Gasteiger partial charge in [-0.05, 0) is 42.2 Å². The van der Waals surface area contributed by atoms with Gasteiger partial charge in [-0.2, -0.15) is 0 Å². The van der Waals surface area contributed by atoms with Gasteiger partial charge in [0.2, 0.25) is 0 Å². The first-order valence-corrected chi connectivity index (χ1v) is 8.47. The van der Waals surface area contributed by atoms with Crippen LogP contribution < -0.4 is 5.32 Å². The summed E-state index contributed by atoms with van der Waals surface area (Å²) in [5, 5.41) is 3.37. The molecule has 7 heteroatoms. The Kier molecular flexibility index (Phi) is 9.55. The highest BCUT2D eigenvalue weighted by Crippen LogP contribution is 2.22. The first-order chi connectivity index (χ1) is 11.7. The summed E-state index contributed by atoms with van der Waals surface area (Å²) in [6, 6.07) is 8.65. The zero-order chi connectivity index (χ0) is 16.8. The molecule has 0 bridgehead atoms. The van der Waals surface area contributed by atoms with Crippen LogP contribution in [0.2, 0.25) is 0 Å². The van der Waals surface area contributed by atoms with Crippen molar-refractivity contribution in [3.8, 4) is 0 Å². The van der Waals surface area contributed by atoms with Gasteiger partial charge in [0.15, 0.2) is 0 Å². The van der Waals surface area contributed by atoms with Crippen molar-refractivity contribution in [3.05, 3.63) is 59.8 Å². The van der Waals surface area contributed by atoms with Crippen molar-refractivity contribution < 1.29 is 4.39 Å². The van der Waals surface area contributed by atoms with E-state index in [1.807, 2.05) is 24.4 Å². The SMILES string of the molecule is CCCc1nccc(NCN2CC=C(c3ccc(F)cc3)CC2)n1.Cl.Cl. The van der Waals surface area contributed by atoms with Crippen molar-refractivity contribution in [2.45, 2.75) is 26.2 Å². The van der Waals surface area contributed by atoms with Crippen LogP contribution in [0.15, 0.2) is 42.6 Å². The second-order valence-electron chi connectivity index (χ2n) is 6.01. The number of rotatable bonds is 6. The lowest BCUT2D eigenvalue weighted by molar-refractivity contribution is 0.323. The largest absolute Gasteiger partial charge is 0.357 e. The highest BCUT2D eigenvalue weighted by molar-refractivity contribution is 5.85. The third-order valence-corrected chi connectivity index (χ3v) is 4.17. The summed E-state index contributed by atoms with van der Waals surface area (Å²) in [6.07, 6.45) is 6.96. The molecule has 1 aromatic heterocycles. The molecule has 1 N–H and O–H groups in total. The Balaban J connectivity index is 0.00000169. The molecule has 2 heterocycles. The Morgan fingerprint density at radius 3 is 2.58 bits per heavy atom. The van der Waals surface area contributed by atoms with E-state index in [0.717, 1.165) is 56.2 Å². The summed E-state index contributed by atoms with van der Waals surface area (Å²) in [5.41, 5.74) is 2.41. The molecule has 0 saturated carbocycles. The molecule has 1 aromatic carbocycles. The van der Waals surface area contributed by atoms with Crippen LogP contribution in [0, 0.1) is 5.82 Å². The van der Waals surface area contributed by atoms with E-state index in [4.69, 9.17) is 0 Å². The molecule has 0 spiro atoms. The zero-order valence-electron chi connectivity index (χ0n) is 14.8. The minimum atomic E-state index is -0.187. The van der Waals surface area contributed by atoms with Gasteiger partial charge in [-0.25, -0.2) is 14.4 Å². The molecule has 0 atom stereocenters. The predicted molar refractivity (Wildman–Crippen MR) is 110 cm³/mol. The highest BCUT2D eigenvalue weighted by atomic mass is 35.5. The average molecular weight is 399 g/mol. The van der Waals surface area contributed by atoms with Crippen molar-refractivity contribution >= 4 is 36.2 Å². The molecule has 0 aliphatic carbocycles. The molecular formula is C19H25Cl2FN4. The summed E-state index contributed by atoms with van der Waals surface area (Å²) in [4.78, 5) is 11.1. The van der Waals surface area contributed by atoms with Crippen LogP contribution in [0.1, 0.15) is 31.2 Å². The molecule has 0 radical (unpaired) electrons. The van der Waals surface area contributed by atoms with E-state index >= 15 is 0 Å². The molecule has 142 valence electrons. The van der Waals surface area contributed by atoms with E-state index in [0.29, 0.717) is 0 Å². The van der Waals surface area contributed by atoms with Crippen molar-refractivity contribution in [2.24, 2.45) is 0 Å². The quantitative estimate of drug-likeness (QED) is 0.773. The molecule has 0 fully saturated rings. The van der Waals surface area contributed by atoms with E-state index in [1.54, 1.807) is 0 Å². The third-order valence-electron chi connectivity index (χ3n) is 4.17. The van der Waals surface area contributed by atoms with Crippen molar-refractivity contribution in [2.75, 3.05) is 25.1 Å². The molecule has 0 saturated heterocycles. The minimum Gasteiger partial charge on any atom is -0.357 e. The van der Waals surface area contributed by atoms with Crippen molar-refractivity contribution in [1.82, 2.24) is 14.9 Å². The number of nitrogens with one attached hydrogen (secondary N) is 1. The normalized spacial score (nSPS) is 14.0. The maximum atomic E-state index is 13.0. The van der Waals surface area contributed by atoms with Crippen LogP contribution >= 0.6 is 24.8 Å². The Bertz CT molecular complexity index is 707. The summed E-state index contributed by atoms with van der Waals surface area (Å²) >= 11 is 0. The Morgan fingerprint density at radius 2 is 1.92 bits per heavy atom. The van der Waals surface area contributed by atoms with Gasteiger partial charge >= 0.3 is 0 Å². The summed E-state index contributed by atoms with van der Waals surface area (Å²) in [5.74, 6) is 1.58. The fourth-order valence-electron chi connectivity index (χ4n) is 2.82. The summed E-state index contributed by atoms with van der Waals surface area (Å²) in [7, 11) is 0. The topological polar surface area (TPSA) is 41.1 Å². The third kappa shape index (κ3) is 6.24. The Hall–Kier alpha value is -1.69. The van der Waals surface area contributed by atoms with E-state index in [9.17, 15) is 4.39 Å². The van der Waals surface area contributed by atoms with E-state index < -0.39 is 0 Å². The lowest BCUT2D eigenvalue weighted by Crippen LogP contribution is -2.33. The molecule has 0 amide bonds. The standard InChI is InChI=1S/C19H23FN4.2ClH/c1-2-3-18-21-11-8-19(23-18)22-14-24-12-9-16(10-13-24)15-4-6-17(20)7-5-15;;/h4-9,11H,2-3,10,12-14H2,1H3,(H,21,22,23);2*1H. The monoisotopic (exact) mass is 398 g/mol. The number of halogens is 3. The van der Waals surface area contributed by atoms with Crippen LogP contribution in [0.25, 0.3) is 5.57 Å². The van der Waals surface area contributed by atoms with Crippen LogP contribution in [0.5, 0.6) is 0 Å². The lowest BCUT2D eigenvalue weighted by Gasteiger charge is -2.26. The molecule has 2 aromatic rings. The van der Waals surface area contributed by atoms with Crippen molar-refractivity contribution in [1.29, 1.82) is 0 Å². The van der Waals surface area contributed by atoms with Gasteiger partial charge in [0.05, 0.1) is 6.67 Å². The number of hydrogen-bond acceptors (Lipinski definition) is 4. The van der Waals surface area contributed by atoms with Gasteiger partial charge in [0.1, 0.15) is 17.5 Å². The zero-order valence-corrected chi connectivity index (χ0v) is 16.5. The van der Waals surface area contributed by atoms with Gasteiger partial charge in [-0.1, -0.05) is 25.1 Å². The number of benzene rings is 1. The molecule has 4 nitrogen and oxygen atoms in total. The number of aryl methyl sites for hydroxylation is 1. The number of nitrogens with zero attached hydrogens (tertiary/aromatic N) is 3. The van der Waals surface area contributed by atoms with Gasteiger partial charge in [-0.15, -0.1) is 24.8 Å². The predicted octanol–water partition coefficient (Wildman–Crippen LogP) is 4.57. The molecule has 1 aliphatic heterocycles. The molecule has 26 heavy (non-hydrogen) atoms. The van der Waals surface area contributed by atoms with Crippen LogP contribution in [-0.4, -0.2) is 34.6 Å². The highest BCUT2D eigenvalue weighted by Gasteiger charge is 2.13. The molecule has 3 rings (SSSR count). The fraction of sp³-hybridized carbons (Fsp3) is 0.368. The van der Waals surface area contributed by atoms with Gasteiger partial charge in [-0.3, -0.25) is 4.90 Å². The summed E-state index contributed by atoms with van der Waals surface area (Å²) < 4.78 is 13.0. The van der Waals surface area contributed by atoms with Crippen LogP contribution in [0.4, 0.5) is 10.2 Å². The van der Waals surface area contributed by atoms with Gasteiger partial charge < -0.3 is 5.32 Å². The second kappa shape index (κ2) is 11.1. The molecule has 0 unspecified atom stereocenters. The fourth-order valence-corrected chi connectivity index (χ4v) is 2.82. The number of anilines is 1. The Labute approximate surface area is 166 Å². The molecule has 1 aliphatic rings. The van der Waals surface area contributed by atoms with Crippen LogP contribution in [0.3, 0.4) is 0 Å². The van der Waals surface area contributed by atoms with E-state index in [-0.39, 0.29) is 30.6 Å². The maximum absolute atomic E-state index is 13.0.